The van der Waals surface area contributed by atoms with Crippen molar-refractivity contribution in [2.24, 2.45) is 5.41 Å². The molecule has 0 aliphatic heterocycles. The molecular formula is C12H12Cl2N4OS. The second-order valence-electron chi connectivity index (χ2n) is 4.98. The third-order valence-corrected chi connectivity index (χ3v) is 5.42. The molecule has 1 amide bonds. The highest BCUT2D eigenvalue weighted by molar-refractivity contribution is 7.13. The van der Waals surface area contributed by atoms with E-state index in [0.717, 1.165) is 4.88 Å². The molecule has 2 N–H and O–H groups in total. The normalized spacial score (nSPS) is 23.6. The molecule has 0 radical (unpaired) electrons. The summed E-state index contributed by atoms with van der Waals surface area (Å²) in [5.74, 6) is 1.06. The van der Waals surface area contributed by atoms with Crippen molar-refractivity contribution in [1.29, 1.82) is 0 Å². The summed E-state index contributed by atoms with van der Waals surface area (Å²) in [7, 11) is 0. The van der Waals surface area contributed by atoms with Gasteiger partial charge in [-0.1, -0.05) is 6.07 Å². The predicted molar refractivity (Wildman–Crippen MR) is 78.7 cm³/mol. The van der Waals surface area contributed by atoms with Crippen LogP contribution in [0, 0.1) is 5.41 Å². The van der Waals surface area contributed by atoms with Crippen molar-refractivity contribution in [1.82, 2.24) is 20.5 Å². The number of thiophene rings is 1. The second kappa shape index (κ2) is 4.72. The van der Waals surface area contributed by atoms with Crippen LogP contribution in [-0.2, 0) is 11.3 Å². The monoisotopic (exact) mass is 330 g/mol. The molecule has 106 valence electrons. The molecule has 1 saturated carbocycles. The van der Waals surface area contributed by atoms with Crippen LogP contribution < -0.4 is 5.32 Å². The Morgan fingerprint density at radius 2 is 2.35 bits per heavy atom. The minimum atomic E-state index is -0.958. The number of nitrogens with zero attached hydrogens (tertiary/aromatic N) is 2. The van der Waals surface area contributed by atoms with Gasteiger partial charge in [0.1, 0.15) is 10.2 Å². The zero-order valence-electron chi connectivity index (χ0n) is 10.6. The Labute approximate surface area is 129 Å². The summed E-state index contributed by atoms with van der Waals surface area (Å²) in [6, 6.07) is 3.88. The Balaban J connectivity index is 1.61. The SMILES string of the molecule is CC1(C(=O)NCc2nc(-c3cccs3)n[nH]2)CC1(Cl)Cl. The number of hydrogen-bond acceptors (Lipinski definition) is 4. The maximum atomic E-state index is 12.0. The summed E-state index contributed by atoms with van der Waals surface area (Å²) in [5.41, 5.74) is -0.716. The van der Waals surface area contributed by atoms with Crippen molar-refractivity contribution in [3.8, 4) is 10.7 Å². The first-order valence-corrected chi connectivity index (χ1v) is 7.67. The van der Waals surface area contributed by atoms with Crippen molar-refractivity contribution in [3.05, 3.63) is 23.3 Å². The van der Waals surface area contributed by atoms with Gasteiger partial charge in [-0.2, -0.15) is 5.10 Å². The van der Waals surface area contributed by atoms with Crippen LogP contribution in [0.1, 0.15) is 19.2 Å². The van der Waals surface area contributed by atoms with Crippen LogP contribution in [0.5, 0.6) is 0 Å². The van der Waals surface area contributed by atoms with E-state index >= 15 is 0 Å². The van der Waals surface area contributed by atoms with Crippen molar-refractivity contribution >= 4 is 40.4 Å². The van der Waals surface area contributed by atoms with E-state index in [1.54, 1.807) is 18.3 Å². The van der Waals surface area contributed by atoms with Crippen LogP contribution in [0.15, 0.2) is 17.5 Å². The van der Waals surface area contributed by atoms with Crippen molar-refractivity contribution < 1.29 is 4.79 Å². The minimum absolute atomic E-state index is 0.170. The lowest BCUT2D eigenvalue weighted by molar-refractivity contribution is -0.126. The first-order chi connectivity index (χ1) is 9.42. The number of aromatic nitrogens is 3. The van der Waals surface area contributed by atoms with E-state index in [4.69, 9.17) is 23.2 Å². The van der Waals surface area contributed by atoms with Crippen LogP contribution in [0.3, 0.4) is 0 Å². The number of rotatable bonds is 4. The van der Waals surface area contributed by atoms with Crippen LogP contribution in [0.2, 0.25) is 0 Å². The van der Waals surface area contributed by atoms with Gasteiger partial charge in [0, 0.05) is 0 Å². The molecule has 1 aliphatic rings. The summed E-state index contributed by atoms with van der Waals surface area (Å²) in [6.07, 6.45) is 0.464. The van der Waals surface area contributed by atoms with E-state index in [9.17, 15) is 4.79 Å². The number of H-pyrrole nitrogens is 1. The van der Waals surface area contributed by atoms with Gasteiger partial charge in [0.2, 0.25) is 5.91 Å². The summed E-state index contributed by atoms with van der Waals surface area (Å²) >= 11 is 13.5. The molecule has 8 heteroatoms. The van der Waals surface area contributed by atoms with E-state index in [1.165, 1.54) is 0 Å². The van der Waals surface area contributed by atoms with Crippen LogP contribution in [0.4, 0.5) is 0 Å². The van der Waals surface area contributed by atoms with Gasteiger partial charge >= 0.3 is 0 Å². The minimum Gasteiger partial charge on any atom is -0.348 e. The highest BCUT2D eigenvalue weighted by Crippen LogP contribution is 2.63. The Morgan fingerprint density at radius 3 is 2.95 bits per heavy atom. The molecule has 1 fully saturated rings. The third-order valence-electron chi connectivity index (χ3n) is 3.45. The summed E-state index contributed by atoms with van der Waals surface area (Å²) in [4.78, 5) is 17.3. The average molecular weight is 331 g/mol. The van der Waals surface area contributed by atoms with E-state index in [2.05, 4.69) is 20.5 Å². The number of hydrogen-bond donors (Lipinski definition) is 2. The third kappa shape index (κ3) is 2.32. The molecule has 1 unspecified atom stereocenters. The first kappa shape index (κ1) is 13.9. The van der Waals surface area contributed by atoms with Gasteiger partial charge in [-0.3, -0.25) is 9.89 Å². The lowest BCUT2D eigenvalue weighted by atomic mass is 10.1. The first-order valence-electron chi connectivity index (χ1n) is 6.04. The molecule has 2 heterocycles. The Bertz CT molecular complexity index is 640. The van der Waals surface area contributed by atoms with Gasteiger partial charge in [0.15, 0.2) is 5.82 Å². The predicted octanol–water partition coefficient (Wildman–Crippen LogP) is 2.73. The largest absolute Gasteiger partial charge is 0.348 e. The summed E-state index contributed by atoms with van der Waals surface area (Å²) in [5, 5.41) is 11.7. The fraction of sp³-hybridized carbons (Fsp3) is 0.417. The molecule has 3 rings (SSSR count). The zero-order valence-corrected chi connectivity index (χ0v) is 12.9. The van der Waals surface area contributed by atoms with E-state index < -0.39 is 9.75 Å². The highest BCUT2D eigenvalue weighted by atomic mass is 35.5. The molecule has 2 aromatic heterocycles. The smallest absolute Gasteiger partial charge is 0.229 e. The lowest BCUT2D eigenvalue weighted by Gasteiger charge is -2.11. The molecule has 0 saturated heterocycles. The summed E-state index contributed by atoms with van der Waals surface area (Å²) < 4.78 is -0.958. The van der Waals surface area contributed by atoms with Crippen LogP contribution in [0.25, 0.3) is 10.7 Å². The van der Waals surface area contributed by atoms with Crippen molar-refractivity contribution in [3.63, 3.8) is 0 Å². The number of carbonyl (C=O) groups is 1. The van der Waals surface area contributed by atoms with E-state index in [-0.39, 0.29) is 12.5 Å². The quantitative estimate of drug-likeness (QED) is 0.847. The van der Waals surface area contributed by atoms with Crippen LogP contribution >= 0.6 is 34.5 Å². The molecule has 5 nitrogen and oxygen atoms in total. The maximum absolute atomic E-state index is 12.0. The topological polar surface area (TPSA) is 70.7 Å². The number of aromatic amines is 1. The molecule has 1 atom stereocenters. The fourth-order valence-electron chi connectivity index (χ4n) is 1.90. The number of amides is 1. The van der Waals surface area contributed by atoms with Gasteiger partial charge in [-0.25, -0.2) is 4.98 Å². The molecule has 0 spiro atoms. The molecule has 2 aromatic rings. The van der Waals surface area contributed by atoms with Crippen LogP contribution in [-0.4, -0.2) is 25.4 Å². The highest BCUT2D eigenvalue weighted by Gasteiger charge is 2.67. The van der Waals surface area contributed by atoms with Gasteiger partial charge in [-0.05, 0) is 24.8 Å². The van der Waals surface area contributed by atoms with E-state index in [0.29, 0.717) is 18.1 Å². The number of halogens is 2. The standard InChI is InChI=1S/C12H12Cl2N4OS/c1-11(6-12(11,13)14)10(19)15-5-8-16-9(18-17-8)7-3-2-4-20-7/h2-4H,5-6H2,1H3,(H,15,19)(H,16,17,18). The average Bonchev–Trinajstić information content (AvgIpc) is 2.92. The second-order valence-corrected chi connectivity index (χ2v) is 7.41. The molecular weight excluding hydrogens is 319 g/mol. The maximum Gasteiger partial charge on any atom is 0.229 e. The number of carbonyl (C=O) groups excluding carboxylic acids is 1. The van der Waals surface area contributed by atoms with Gasteiger partial charge in [0.25, 0.3) is 0 Å². The fourth-order valence-corrected chi connectivity index (χ4v) is 3.26. The van der Waals surface area contributed by atoms with Crippen molar-refractivity contribution in [2.45, 2.75) is 24.2 Å². The zero-order chi connectivity index (χ0) is 14.4. The Kier molecular flexibility index (Phi) is 3.27. The Hall–Kier alpha value is -1.11. The van der Waals surface area contributed by atoms with E-state index in [1.807, 2.05) is 17.5 Å². The molecule has 20 heavy (non-hydrogen) atoms. The molecule has 0 aromatic carbocycles. The molecule has 1 aliphatic carbocycles. The summed E-state index contributed by atoms with van der Waals surface area (Å²) in [6.45, 7) is 2.02. The Morgan fingerprint density at radius 1 is 1.60 bits per heavy atom. The van der Waals surface area contributed by atoms with Crippen molar-refractivity contribution in [2.75, 3.05) is 0 Å². The number of alkyl halides is 2. The molecule has 0 bridgehead atoms. The van der Waals surface area contributed by atoms with Gasteiger partial charge < -0.3 is 5.32 Å². The van der Waals surface area contributed by atoms with Gasteiger partial charge in [-0.15, -0.1) is 34.5 Å². The number of nitrogens with one attached hydrogen (secondary N) is 2. The lowest BCUT2D eigenvalue weighted by Crippen LogP contribution is -2.33. The van der Waals surface area contributed by atoms with Gasteiger partial charge in [0.05, 0.1) is 16.8 Å².